The number of aromatic nitrogens is 3. The average Bonchev–Trinajstić information content (AvgIpc) is 3.20. The first-order valence-electron chi connectivity index (χ1n) is 9.58. The predicted octanol–water partition coefficient (Wildman–Crippen LogP) is 3.93. The lowest BCUT2D eigenvalue weighted by Gasteiger charge is -2.10. The molecule has 0 atom stereocenters. The number of hydrogen-bond donors (Lipinski definition) is 2. The van der Waals surface area contributed by atoms with Gasteiger partial charge in [0.05, 0.1) is 11.3 Å². The lowest BCUT2D eigenvalue weighted by Crippen LogP contribution is -2.23. The minimum Gasteiger partial charge on any atom is -0.478 e. The maximum atomic E-state index is 12.9. The number of aromatic carboxylic acids is 1. The number of rotatable bonds is 6. The summed E-state index contributed by atoms with van der Waals surface area (Å²) in [4.78, 5) is 29.0. The van der Waals surface area contributed by atoms with Gasteiger partial charge in [-0.25, -0.2) is 14.3 Å². The van der Waals surface area contributed by atoms with Crippen LogP contribution >= 0.6 is 0 Å². The normalized spacial score (nSPS) is 11.1. The summed E-state index contributed by atoms with van der Waals surface area (Å²) in [6.45, 7) is 2.07. The van der Waals surface area contributed by atoms with Crippen molar-refractivity contribution in [1.82, 2.24) is 14.6 Å². The van der Waals surface area contributed by atoms with Crippen LogP contribution in [0.3, 0.4) is 0 Å². The Morgan fingerprint density at radius 2 is 1.86 bits per heavy atom. The highest BCUT2D eigenvalue weighted by Crippen LogP contribution is 2.25. The van der Waals surface area contributed by atoms with Crippen LogP contribution in [0.25, 0.3) is 16.8 Å². The number of benzene rings is 2. The molecule has 6 nitrogen and oxygen atoms in total. The average molecular weight is 387 g/mol. The molecule has 4 rings (SSSR count). The molecule has 6 heteroatoms. The summed E-state index contributed by atoms with van der Waals surface area (Å²) >= 11 is 0. The fourth-order valence-corrected chi connectivity index (χ4v) is 3.59. The molecular formula is C23H21N3O3. The quantitative estimate of drug-likeness (QED) is 0.525. The number of aromatic amines is 1. The Morgan fingerprint density at radius 3 is 2.59 bits per heavy atom. The van der Waals surface area contributed by atoms with E-state index in [0.717, 1.165) is 29.7 Å². The van der Waals surface area contributed by atoms with Gasteiger partial charge in [0.25, 0.3) is 5.56 Å². The van der Waals surface area contributed by atoms with E-state index in [4.69, 9.17) is 0 Å². The predicted molar refractivity (Wildman–Crippen MR) is 111 cm³/mol. The van der Waals surface area contributed by atoms with Crippen molar-refractivity contribution < 1.29 is 9.90 Å². The van der Waals surface area contributed by atoms with Crippen molar-refractivity contribution in [2.45, 2.75) is 26.2 Å². The summed E-state index contributed by atoms with van der Waals surface area (Å²) in [7, 11) is 0. The van der Waals surface area contributed by atoms with Crippen molar-refractivity contribution in [3.63, 3.8) is 0 Å². The van der Waals surface area contributed by atoms with Gasteiger partial charge in [0, 0.05) is 24.2 Å². The topological polar surface area (TPSA) is 87.5 Å². The number of nitrogens with one attached hydrogen (secondary N) is 1. The second-order valence-electron chi connectivity index (χ2n) is 6.97. The molecule has 0 aliphatic heterocycles. The smallest absolute Gasteiger partial charge is 0.336 e. The summed E-state index contributed by atoms with van der Waals surface area (Å²) in [5.74, 6) is -0.952. The minimum absolute atomic E-state index is 0.0799. The van der Waals surface area contributed by atoms with Crippen molar-refractivity contribution in [2.75, 3.05) is 0 Å². The Balaban J connectivity index is 1.70. The first kappa shape index (κ1) is 18.7. The first-order chi connectivity index (χ1) is 14.1. The molecule has 2 aromatic heterocycles. The van der Waals surface area contributed by atoms with Gasteiger partial charge >= 0.3 is 5.97 Å². The minimum atomic E-state index is -0.952. The zero-order chi connectivity index (χ0) is 20.4. The van der Waals surface area contributed by atoms with Gasteiger partial charge in [-0.1, -0.05) is 55.8 Å². The Hall–Kier alpha value is -3.67. The molecule has 2 aromatic carbocycles. The first-order valence-corrected chi connectivity index (χ1v) is 9.58. The van der Waals surface area contributed by atoms with Gasteiger partial charge in [-0.3, -0.25) is 9.89 Å². The molecular weight excluding hydrogens is 366 g/mol. The van der Waals surface area contributed by atoms with Gasteiger partial charge in [-0.15, -0.1) is 0 Å². The van der Waals surface area contributed by atoms with Gasteiger partial charge in [0.1, 0.15) is 0 Å². The third kappa shape index (κ3) is 3.57. The van der Waals surface area contributed by atoms with Crippen molar-refractivity contribution in [3.05, 3.63) is 93.5 Å². The van der Waals surface area contributed by atoms with E-state index in [1.807, 2.05) is 30.3 Å². The molecule has 0 saturated heterocycles. The second-order valence-corrected chi connectivity index (χ2v) is 6.97. The molecule has 0 fully saturated rings. The maximum absolute atomic E-state index is 12.9. The van der Waals surface area contributed by atoms with Crippen LogP contribution in [0.4, 0.5) is 0 Å². The molecule has 0 aliphatic rings. The van der Waals surface area contributed by atoms with Crippen LogP contribution in [-0.4, -0.2) is 25.7 Å². The molecule has 0 amide bonds. The zero-order valence-corrected chi connectivity index (χ0v) is 16.1. The monoisotopic (exact) mass is 387 g/mol. The highest BCUT2D eigenvalue weighted by atomic mass is 16.4. The van der Waals surface area contributed by atoms with Gasteiger partial charge in [0.2, 0.25) is 0 Å². The standard InChI is InChI=1S/C23H21N3O3/c1-2-5-20-19(22(27)26-21(25-20)12-13-24-26)14-15-8-10-16(11-9-15)17-6-3-4-7-18(17)23(28)29/h3-4,6-13,24H,2,5,14H2,1H3,(H,28,29). The van der Waals surface area contributed by atoms with E-state index in [1.54, 1.807) is 30.5 Å². The van der Waals surface area contributed by atoms with Crippen LogP contribution in [0.5, 0.6) is 0 Å². The van der Waals surface area contributed by atoms with E-state index < -0.39 is 5.97 Å². The molecule has 0 bridgehead atoms. The van der Waals surface area contributed by atoms with E-state index in [9.17, 15) is 14.7 Å². The molecule has 2 heterocycles. The molecule has 4 aromatic rings. The maximum Gasteiger partial charge on any atom is 0.336 e. The van der Waals surface area contributed by atoms with E-state index in [1.165, 1.54) is 4.52 Å². The van der Waals surface area contributed by atoms with Crippen molar-refractivity contribution in [2.24, 2.45) is 0 Å². The fraction of sp³-hybridized carbons (Fsp3) is 0.174. The number of carboxylic acids is 1. The SMILES string of the molecule is CCCc1nc2cc[nH]n2c(=O)c1Cc1ccc(-c2ccccc2C(=O)O)cc1. The van der Waals surface area contributed by atoms with E-state index in [2.05, 4.69) is 17.0 Å². The summed E-state index contributed by atoms with van der Waals surface area (Å²) in [5.41, 5.74) is 4.81. The molecule has 29 heavy (non-hydrogen) atoms. The lowest BCUT2D eigenvalue weighted by molar-refractivity contribution is 0.0697. The van der Waals surface area contributed by atoms with Gasteiger partial charge in [-0.2, -0.15) is 0 Å². The van der Waals surface area contributed by atoms with Gasteiger partial charge < -0.3 is 5.11 Å². The molecule has 0 unspecified atom stereocenters. The summed E-state index contributed by atoms with van der Waals surface area (Å²) < 4.78 is 1.46. The molecule has 0 saturated carbocycles. The Kier molecular flexibility index (Phi) is 4.99. The highest BCUT2D eigenvalue weighted by Gasteiger charge is 2.14. The molecule has 2 N–H and O–H groups in total. The number of nitrogens with zero attached hydrogens (tertiary/aromatic N) is 2. The number of carbonyl (C=O) groups is 1. The number of H-pyrrole nitrogens is 1. The Labute approximate surface area is 167 Å². The van der Waals surface area contributed by atoms with Crippen LogP contribution < -0.4 is 5.56 Å². The lowest BCUT2D eigenvalue weighted by atomic mass is 9.96. The Bertz CT molecular complexity index is 1240. The summed E-state index contributed by atoms with van der Waals surface area (Å²) in [6.07, 6.45) is 3.84. The second kappa shape index (κ2) is 7.75. The number of aryl methyl sites for hydroxylation is 1. The van der Waals surface area contributed by atoms with E-state index in [-0.39, 0.29) is 11.1 Å². The van der Waals surface area contributed by atoms with Crippen molar-refractivity contribution >= 4 is 11.6 Å². The van der Waals surface area contributed by atoms with Crippen LogP contribution in [0, 0.1) is 0 Å². The van der Waals surface area contributed by atoms with Crippen molar-refractivity contribution in [1.29, 1.82) is 0 Å². The van der Waals surface area contributed by atoms with E-state index in [0.29, 0.717) is 23.2 Å². The fourth-order valence-electron chi connectivity index (χ4n) is 3.59. The molecule has 0 radical (unpaired) electrons. The van der Waals surface area contributed by atoms with Gasteiger partial charge in [0.15, 0.2) is 5.65 Å². The van der Waals surface area contributed by atoms with E-state index >= 15 is 0 Å². The summed E-state index contributed by atoms with van der Waals surface area (Å²) in [6, 6.07) is 16.4. The number of carboxylic acid groups (broad SMARTS) is 1. The van der Waals surface area contributed by atoms with Crippen LogP contribution in [-0.2, 0) is 12.8 Å². The Morgan fingerprint density at radius 1 is 1.10 bits per heavy atom. The van der Waals surface area contributed by atoms with Crippen molar-refractivity contribution in [3.8, 4) is 11.1 Å². The molecule has 0 aliphatic carbocycles. The third-order valence-corrected chi connectivity index (χ3v) is 5.01. The number of hydrogen-bond acceptors (Lipinski definition) is 3. The molecule has 0 spiro atoms. The zero-order valence-electron chi connectivity index (χ0n) is 16.1. The largest absolute Gasteiger partial charge is 0.478 e. The van der Waals surface area contributed by atoms with Crippen LogP contribution in [0.15, 0.2) is 65.6 Å². The molecule has 146 valence electrons. The van der Waals surface area contributed by atoms with Crippen LogP contribution in [0.1, 0.15) is 40.5 Å². The number of fused-ring (bicyclic) bond motifs is 1. The summed E-state index contributed by atoms with van der Waals surface area (Å²) in [5, 5.41) is 12.3. The van der Waals surface area contributed by atoms with Crippen LogP contribution in [0.2, 0.25) is 0 Å². The highest BCUT2D eigenvalue weighted by molar-refractivity contribution is 5.95. The third-order valence-electron chi connectivity index (χ3n) is 5.01. The van der Waals surface area contributed by atoms with Gasteiger partial charge in [-0.05, 0) is 29.2 Å².